The molecule has 6 heteroatoms. The molecular formula is C18H22O5S. The van der Waals surface area contributed by atoms with Crippen LogP contribution in [0.5, 0.6) is 0 Å². The van der Waals surface area contributed by atoms with Crippen LogP contribution in [-0.2, 0) is 19.4 Å². The number of carbonyl (C=O) groups excluding carboxylic acids is 1. The van der Waals surface area contributed by atoms with Crippen LogP contribution in [0.1, 0.15) is 27.2 Å². The third-order valence-corrected chi connectivity index (χ3v) is 6.47. The van der Waals surface area contributed by atoms with Gasteiger partial charge in [-0.15, -0.1) is 0 Å². The van der Waals surface area contributed by atoms with Gasteiger partial charge in [-0.3, -0.25) is 9.59 Å². The van der Waals surface area contributed by atoms with Gasteiger partial charge in [-0.1, -0.05) is 45.0 Å². The highest BCUT2D eigenvalue weighted by molar-refractivity contribution is 7.95. The average Bonchev–Trinajstić information content (AvgIpc) is 2.99. The fourth-order valence-electron chi connectivity index (χ4n) is 2.99. The molecule has 1 N–H and O–H groups in total. The number of carboxylic acid groups (broad SMARTS) is 1. The van der Waals surface area contributed by atoms with Gasteiger partial charge < -0.3 is 5.11 Å². The molecule has 1 aromatic rings. The monoisotopic (exact) mass is 350 g/mol. The molecule has 0 aromatic heterocycles. The Morgan fingerprint density at radius 3 is 2.21 bits per heavy atom. The maximum atomic E-state index is 12.9. The summed E-state index contributed by atoms with van der Waals surface area (Å²) in [6, 6.07) is 7.94. The number of carboxylic acids is 1. The molecule has 0 saturated carbocycles. The number of rotatable bonds is 6. The highest BCUT2D eigenvalue weighted by Crippen LogP contribution is 2.41. The number of benzene rings is 1. The first-order valence-corrected chi connectivity index (χ1v) is 9.43. The summed E-state index contributed by atoms with van der Waals surface area (Å²) >= 11 is 0. The van der Waals surface area contributed by atoms with E-state index < -0.39 is 33.6 Å². The number of ketones is 1. The van der Waals surface area contributed by atoms with Crippen LogP contribution in [-0.4, -0.2) is 25.3 Å². The zero-order valence-electron chi connectivity index (χ0n) is 14.0. The van der Waals surface area contributed by atoms with Gasteiger partial charge in [0.25, 0.3) is 0 Å². The lowest BCUT2D eigenvalue weighted by Crippen LogP contribution is -2.25. The lowest BCUT2D eigenvalue weighted by atomic mass is 9.87. The summed E-state index contributed by atoms with van der Waals surface area (Å²) in [6.45, 7) is 4.99. The third-order valence-electron chi connectivity index (χ3n) is 4.54. The lowest BCUT2D eigenvalue weighted by molar-refractivity contribution is -0.142. The van der Waals surface area contributed by atoms with Crippen LogP contribution >= 0.6 is 0 Å². The Balaban J connectivity index is 2.50. The molecule has 24 heavy (non-hydrogen) atoms. The summed E-state index contributed by atoms with van der Waals surface area (Å²) in [5.41, 5.74) is 0. The number of hydrogen-bond donors (Lipinski definition) is 1. The minimum absolute atomic E-state index is 0.0468. The maximum absolute atomic E-state index is 12.9. The maximum Gasteiger partial charge on any atom is 0.306 e. The Morgan fingerprint density at radius 2 is 1.71 bits per heavy atom. The molecule has 0 saturated heterocycles. The van der Waals surface area contributed by atoms with Crippen LogP contribution in [0.2, 0.25) is 0 Å². The predicted molar refractivity (Wildman–Crippen MR) is 90.0 cm³/mol. The van der Waals surface area contributed by atoms with E-state index in [1.807, 2.05) is 0 Å². The van der Waals surface area contributed by atoms with Gasteiger partial charge in [0.05, 0.1) is 21.6 Å². The van der Waals surface area contributed by atoms with Gasteiger partial charge in [-0.05, 0) is 24.5 Å². The van der Waals surface area contributed by atoms with Gasteiger partial charge >= 0.3 is 5.97 Å². The molecule has 1 aliphatic rings. The standard InChI is InChI=1S/C18H22O5S/c1-11(2)17(19)15-9-13(12(3)18(20)21)10-16(15)24(22,23)14-7-5-4-6-8-14/h4-8,10-13,15H,9H2,1-3H3,(H,20,21). The van der Waals surface area contributed by atoms with Crippen LogP contribution in [0.25, 0.3) is 0 Å². The van der Waals surface area contributed by atoms with E-state index in [1.54, 1.807) is 39.0 Å². The molecule has 1 aromatic carbocycles. The summed E-state index contributed by atoms with van der Waals surface area (Å²) in [5.74, 6) is -3.46. The summed E-state index contributed by atoms with van der Waals surface area (Å²) in [7, 11) is -3.81. The van der Waals surface area contributed by atoms with E-state index in [0.717, 1.165) is 0 Å². The highest BCUT2D eigenvalue weighted by Gasteiger charge is 2.42. The molecule has 5 nitrogen and oxygen atoms in total. The molecule has 130 valence electrons. The highest BCUT2D eigenvalue weighted by atomic mass is 32.2. The van der Waals surface area contributed by atoms with Crippen molar-refractivity contribution in [2.24, 2.45) is 23.7 Å². The van der Waals surface area contributed by atoms with Crippen molar-refractivity contribution < 1.29 is 23.1 Å². The minimum atomic E-state index is -3.81. The van der Waals surface area contributed by atoms with Crippen molar-refractivity contribution in [3.63, 3.8) is 0 Å². The normalized spacial score (nSPS) is 22.2. The number of carbonyl (C=O) groups is 2. The van der Waals surface area contributed by atoms with Crippen molar-refractivity contribution in [1.29, 1.82) is 0 Å². The molecular weight excluding hydrogens is 328 g/mol. The molecule has 0 bridgehead atoms. The van der Waals surface area contributed by atoms with Gasteiger partial charge in [0.1, 0.15) is 5.78 Å². The number of Topliss-reactive ketones (excluding diaryl/α,β-unsaturated/α-hetero) is 1. The van der Waals surface area contributed by atoms with Crippen molar-refractivity contribution in [2.45, 2.75) is 32.1 Å². The number of aliphatic carboxylic acids is 1. The van der Waals surface area contributed by atoms with E-state index in [9.17, 15) is 23.1 Å². The third kappa shape index (κ3) is 3.43. The van der Waals surface area contributed by atoms with E-state index in [-0.39, 0.29) is 27.9 Å². The average molecular weight is 350 g/mol. The fraction of sp³-hybridized carbons (Fsp3) is 0.444. The number of sulfone groups is 1. The predicted octanol–water partition coefficient (Wildman–Crippen LogP) is 2.93. The first kappa shape index (κ1) is 18.4. The van der Waals surface area contributed by atoms with E-state index >= 15 is 0 Å². The van der Waals surface area contributed by atoms with Gasteiger partial charge in [0.15, 0.2) is 0 Å². The van der Waals surface area contributed by atoms with Crippen molar-refractivity contribution in [2.75, 3.05) is 0 Å². The molecule has 0 spiro atoms. The van der Waals surface area contributed by atoms with Crippen molar-refractivity contribution >= 4 is 21.6 Å². The zero-order valence-corrected chi connectivity index (χ0v) is 14.8. The number of hydrogen-bond acceptors (Lipinski definition) is 4. The molecule has 0 fully saturated rings. The fourth-order valence-corrected chi connectivity index (χ4v) is 4.71. The Kier molecular flexibility index (Phi) is 5.28. The van der Waals surface area contributed by atoms with E-state index in [4.69, 9.17) is 0 Å². The molecule has 3 unspecified atom stereocenters. The van der Waals surface area contributed by atoms with Gasteiger partial charge in [-0.2, -0.15) is 0 Å². The molecule has 2 rings (SSSR count). The Morgan fingerprint density at radius 1 is 1.12 bits per heavy atom. The van der Waals surface area contributed by atoms with Crippen molar-refractivity contribution in [1.82, 2.24) is 0 Å². The van der Waals surface area contributed by atoms with E-state index in [0.29, 0.717) is 0 Å². The summed E-state index contributed by atoms with van der Waals surface area (Å²) in [5, 5.41) is 9.22. The van der Waals surface area contributed by atoms with Gasteiger partial charge in [0, 0.05) is 5.92 Å². The summed E-state index contributed by atoms with van der Waals surface area (Å²) < 4.78 is 25.9. The second-order valence-corrected chi connectivity index (χ2v) is 8.47. The zero-order chi connectivity index (χ0) is 18.1. The smallest absolute Gasteiger partial charge is 0.306 e. The summed E-state index contributed by atoms with van der Waals surface area (Å²) in [4.78, 5) is 24.0. The molecule has 0 radical (unpaired) electrons. The molecule has 0 amide bonds. The van der Waals surface area contributed by atoms with Crippen LogP contribution < -0.4 is 0 Å². The minimum Gasteiger partial charge on any atom is -0.481 e. The quantitative estimate of drug-likeness (QED) is 0.852. The van der Waals surface area contributed by atoms with Crippen LogP contribution in [0.3, 0.4) is 0 Å². The first-order valence-electron chi connectivity index (χ1n) is 7.94. The second kappa shape index (κ2) is 6.89. The Hall–Kier alpha value is -1.95. The lowest BCUT2D eigenvalue weighted by Gasteiger charge is -2.18. The second-order valence-electron chi connectivity index (χ2n) is 6.52. The number of allylic oxidation sites excluding steroid dienone is 2. The SMILES string of the molecule is CC(C)C(=O)C1CC(C(C)C(=O)O)C=C1S(=O)(=O)c1ccccc1. The van der Waals surface area contributed by atoms with Crippen molar-refractivity contribution in [3.05, 3.63) is 41.3 Å². The molecule has 1 aliphatic carbocycles. The Bertz CT molecular complexity index is 762. The van der Waals surface area contributed by atoms with Crippen LogP contribution in [0, 0.1) is 23.7 Å². The molecule has 0 aliphatic heterocycles. The largest absolute Gasteiger partial charge is 0.481 e. The van der Waals surface area contributed by atoms with Crippen LogP contribution in [0.4, 0.5) is 0 Å². The van der Waals surface area contributed by atoms with Gasteiger partial charge in [0.2, 0.25) is 9.84 Å². The molecule has 3 atom stereocenters. The van der Waals surface area contributed by atoms with Crippen LogP contribution in [0.15, 0.2) is 46.2 Å². The topological polar surface area (TPSA) is 88.5 Å². The van der Waals surface area contributed by atoms with Crippen molar-refractivity contribution in [3.8, 4) is 0 Å². The summed E-state index contributed by atoms with van der Waals surface area (Å²) in [6.07, 6.45) is 1.71. The first-order chi connectivity index (χ1) is 11.2. The van der Waals surface area contributed by atoms with E-state index in [2.05, 4.69) is 0 Å². The van der Waals surface area contributed by atoms with E-state index in [1.165, 1.54) is 18.2 Å². The van der Waals surface area contributed by atoms with Gasteiger partial charge in [-0.25, -0.2) is 8.42 Å². The molecule has 0 heterocycles. The Labute approximate surface area is 142 Å².